The molecule has 1 aromatic heterocycles. The van der Waals surface area contributed by atoms with Gasteiger partial charge >= 0.3 is 0 Å². The fraction of sp³-hybridized carbons (Fsp3) is 0.471. The number of aliphatic hydroxyl groups is 1. The largest absolute Gasteiger partial charge is 0.393 e. The molecule has 1 fully saturated rings. The molecule has 0 spiro atoms. The monoisotopic (exact) mass is 314 g/mol. The molecule has 0 aliphatic heterocycles. The van der Waals surface area contributed by atoms with Crippen molar-refractivity contribution in [1.29, 1.82) is 0 Å². The Labute approximate surface area is 135 Å². The van der Waals surface area contributed by atoms with Crippen LogP contribution >= 0.6 is 0 Å². The van der Waals surface area contributed by atoms with Crippen molar-refractivity contribution in [3.05, 3.63) is 47.8 Å². The summed E-state index contributed by atoms with van der Waals surface area (Å²) in [7, 11) is 0. The summed E-state index contributed by atoms with van der Waals surface area (Å²) in [5, 5.41) is 20.7. The highest BCUT2D eigenvalue weighted by Gasteiger charge is 2.44. The van der Waals surface area contributed by atoms with Crippen LogP contribution in [0.1, 0.15) is 31.0 Å². The molecule has 1 aromatic carbocycles. The van der Waals surface area contributed by atoms with Gasteiger partial charge in [-0.1, -0.05) is 35.5 Å². The van der Waals surface area contributed by atoms with Crippen molar-refractivity contribution in [2.75, 3.05) is 6.54 Å². The summed E-state index contributed by atoms with van der Waals surface area (Å²) in [4.78, 5) is 12.2. The second-order valence-electron chi connectivity index (χ2n) is 6.23. The van der Waals surface area contributed by atoms with E-state index in [4.69, 9.17) is 0 Å². The van der Waals surface area contributed by atoms with Gasteiger partial charge in [0.15, 0.2) is 0 Å². The molecule has 0 saturated heterocycles. The predicted octanol–water partition coefficient (Wildman–Crippen LogP) is 1.05. The van der Waals surface area contributed by atoms with E-state index in [0.29, 0.717) is 25.1 Å². The number of aryl methyl sites for hydroxylation is 1. The Bertz CT molecular complexity index is 662. The quantitative estimate of drug-likeness (QED) is 0.835. The summed E-state index contributed by atoms with van der Waals surface area (Å²) in [6, 6.07) is 10.1. The SMILES string of the molecule is CCn1cc(CC(=O)NCC2(c3ccccc3)CC(O)C2)nn1. The third-order valence-electron chi connectivity index (χ3n) is 4.51. The van der Waals surface area contributed by atoms with Gasteiger partial charge in [-0.3, -0.25) is 9.48 Å². The van der Waals surface area contributed by atoms with E-state index >= 15 is 0 Å². The number of nitrogens with one attached hydrogen (secondary N) is 1. The number of aliphatic hydroxyl groups excluding tert-OH is 1. The van der Waals surface area contributed by atoms with Gasteiger partial charge in [-0.25, -0.2) is 0 Å². The number of hydrogen-bond donors (Lipinski definition) is 2. The molecule has 23 heavy (non-hydrogen) atoms. The standard InChI is InChI=1S/C17H22N4O2/c1-2-21-11-14(19-20-21)8-16(23)18-12-17(9-15(22)10-17)13-6-4-3-5-7-13/h3-7,11,15,22H,2,8-10,12H2,1H3,(H,18,23). The summed E-state index contributed by atoms with van der Waals surface area (Å²) in [5.74, 6) is -0.0650. The summed E-state index contributed by atoms with van der Waals surface area (Å²) >= 11 is 0. The lowest BCUT2D eigenvalue weighted by atomic mass is 9.62. The van der Waals surface area contributed by atoms with E-state index in [9.17, 15) is 9.90 Å². The lowest BCUT2D eigenvalue weighted by Crippen LogP contribution is -2.52. The average molecular weight is 314 g/mol. The maximum absolute atomic E-state index is 12.2. The van der Waals surface area contributed by atoms with E-state index in [1.807, 2.05) is 25.1 Å². The van der Waals surface area contributed by atoms with E-state index in [2.05, 4.69) is 27.8 Å². The van der Waals surface area contributed by atoms with Crippen LogP contribution in [0.5, 0.6) is 0 Å². The fourth-order valence-electron chi connectivity index (χ4n) is 3.18. The Morgan fingerprint density at radius 2 is 2.13 bits per heavy atom. The molecule has 1 saturated carbocycles. The van der Waals surface area contributed by atoms with Crippen LogP contribution in [0.4, 0.5) is 0 Å². The smallest absolute Gasteiger partial charge is 0.226 e. The number of nitrogens with zero attached hydrogens (tertiary/aromatic N) is 3. The Hall–Kier alpha value is -2.21. The first kappa shape index (κ1) is 15.7. The number of hydrogen-bond acceptors (Lipinski definition) is 4. The lowest BCUT2D eigenvalue weighted by Gasteiger charge is -2.46. The second-order valence-corrected chi connectivity index (χ2v) is 6.23. The summed E-state index contributed by atoms with van der Waals surface area (Å²) in [5.41, 5.74) is 1.69. The molecular weight excluding hydrogens is 292 g/mol. The maximum Gasteiger partial charge on any atom is 0.226 e. The predicted molar refractivity (Wildman–Crippen MR) is 85.8 cm³/mol. The number of carbonyl (C=O) groups excluding carboxylic acids is 1. The van der Waals surface area contributed by atoms with Crippen LogP contribution in [0.25, 0.3) is 0 Å². The van der Waals surface area contributed by atoms with Gasteiger partial charge in [0.25, 0.3) is 0 Å². The van der Waals surface area contributed by atoms with Crippen molar-refractivity contribution in [2.24, 2.45) is 0 Å². The van der Waals surface area contributed by atoms with Crippen LogP contribution in [0.15, 0.2) is 36.5 Å². The highest BCUT2D eigenvalue weighted by Crippen LogP contribution is 2.43. The van der Waals surface area contributed by atoms with E-state index in [1.165, 1.54) is 5.56 Å². The number of rotatable bonds is 6. The third kappa shape index (κ3) is 3.42. The van der Waals surface area contributed by atoms with Crippen LogP contribution in [0.3, 0.4) is 0 Å². The molecule has 1 aliphatic rings. The van der Waals surface area contributed by atoms with E-state index in [0.717, 1.165) is 6.54 Å². The van der Waals surface area contributed by atoms with E-state index in [1.54, 1.807) is 10.9 Å². The minimum atomic E-state index is -0.281. The molecule has 6 nitrogen and oxygen atoms in total. The van der Waals surface area contributed by atoms with Crippen molar-refractivity contribution >= 4 is 5.91 Å². The topological polar surface area (TPSA) is 80.0 Å². The molecule has 6 heteroatoms. The van der Waals surface area contributed by atoms with Crippen molar-refractivity contribution in [2.45, 2.75) is 44.2 Å². The van der Waals surface area contributed by atoms with Crippen LogP contribution in [-0.2, 0) is 23.2 Å². The van der Waals surface area contributed by atoms with Gasteiger partial charge in [-0.2, -0.15) is 0 Å². The number of amides is 1. The molecule has 122 valence electrons. The van der Waals surface area contributed by atoms with E-state index in [-0.39, 0.29) is 23.8 Å². The Kier molecular flexibility index (Phi) is 4.43. The van der Waals surface area contributed by atoms with Crippen molar-refractivity contribution in [1.82, 2.24) is 20.3 Å². The molecule has 3 rings (SSSR count). The first-order valence-electron chi connectivity index (χ1n) is 8.00. The molecule has 2 N–H and O–H groups in total. The third-order valence-corrected chi connectivity index (χ3v) is 4.51. The molecule has 0 atom stereocenters. The van der Waals surface area contributed by atoms with Crippen LogP contribution in [0, 0.1) is 0 Å². The highest BCUT2D eigenvalue weighted by atomic mass is 16.3. The zero-order chi connectivity index (χ0) is 16.3. The molecule has 1 aliphatic carbocycles. The van der Waals surface area contributed by atoms with Gasteiger partial charge in [-0.05, 0) is 25.3 Å². The van der Waals surface area contributed by atoms with Gasteiger partial charge in [0.2, 0.25) is 5.91 Å². The van der Waals surface area contributed by atoms with E-state index < -0.39 is 0 Å². The van der Waals surface area contributed by atoms with Gasteiger partial charge in [0.05, 0.1) is 18.2 Å². The second kappa shape index (κ2) is 6.50. The van der Waals surface area contributed by atoms with Crippen LogP contribution in [0.2, 0.25) is 0 Å². The fourth-order valence-corrected chi connectivity index (χ4v) is 3.18. The molecule has 1 amide bonds. The van der Waals surface area contributed by atoms with Gasteiger partial charge in [0, 0.05) is 24.7 Å². The number of carbonyl (C=O) groups is 1. The number of benzene rings is 1. The molecule has 0 bridgehead atoms. The van der Waals surface area contributed by atoms with Crippen molar-refractivity contribution in [3.8, 4) is 0 Å². The Balaban J connectivity index is 1.60. The van der Waals surface area contributed by atoms with Crippen LogP contribution < -0.4 is 5.32 Å². The minimum absolute atomic E-state index is 0.0650. The average Bonchev–Trinajstić information content (AvgIpc) is 2.99. The normalized spacial score (nSPS) is 23.3. The maximum atomic E-state index is 12.2. The van der Waals surface area contributed by atoms with Crippen molar-refractivity contribution in [3.63, 3.8) is 0 Å². The summed E-state index contributed by atoms with van der Waals surface area (Å²) < 4.78 is 1.70. The molecule has 1 heterocycles. The molecule has 0 unspecified atom stereocenters. The molecule has 2 aromatic rings. The zero-order valence-corrected chi connectivity index (χ0v) is 13.3. The first-order valence-corrected chi connectivity index (χ1v) is 8.00. The van der Waals surface area contributed by atoms with Gasteiger partial charge in [0.1, 0.15) is 0 Å². The highest BCUT2D eigenvalue weighted by molar-refractivity contribution is 5.78. The molecular formula is C17H22N4O2. The first-order chi connectivity index (χ1) is 11.1. The Morgan fingerprint density at radius 1 is 1.39 bits per heavy atom. The number of aromatic nitrogens is 3. The lowest BCUT2D eigenvalue weighted by molar-refractivity contribution is -0.121. The van der Waals surface area contributed by atoms with Crippen LogP contribution in [-0.4, -0.2) is 38.7 Å². The van der Waals surface area contributed by atoms with Crippen molar-refractivity contribution < 1.29 is 9.90 Å². The Morgan fingerprint density at radius 3 is 2.74 bits per heavy atom. The van der Waals surface area contributed by atoms with Gasteiger partial charge in [-0.15, -0.1) is 5.10 Å². The summed E-state index contributed by atoms with van der Waals surface area (Å²) in [6.07, 6.45) is 3.11. The van der Waals surface area contributed by atoms with Gasteiger partial charge < -0.3 is 10.4 Å². The summed E-state index contributed by atoms with van der Waals surface area (Å²) in [6.45, 7) is 3.25. The zero-order valence-electron chi connectivity index (χ0n) is 13.3. The minimum Gasteiger partial charge on any atom is -0.393 e. The molecule has 0 radical (unpaired) electrons.